The molecule has 126 valence electrons. The molecule has 4 N–H and O–H groups in total. The Bertz CT molecular complexity index is 999. The van der Waals surface area contributed by atoms with E-state index in [1.807, 2.05) is 24.3 Å². The summed E-state index contributed by atoms with van der Waals surface area (Å²) in [5.74, 6) is 0.0932. The molecule has 0 bridgehead atoms. The van der Waals surface area contributed by atoms with E-state index >= 15 is 0 Å². The van der Waals surface area contributed by atoms with Gasteiger partial charge in [0.15, 0.2) is 0 Å². The monoisotopic (exact) mass is 344 g/mol. The Hall–Kier alpha value is -2.33. The first-order valence-electron chi connectivity index (χ1n) is 7.75. The van der Waals surface area contributed by atoms with Crippen molar-refractivity contribution in [2.24, 2.45) is 0 Å². The van der Waals surface area contributed by atoms with Gasteiger partial charge in [-0.05, 0) is 24.5 Å². The Kier molecular flexibility index (Phi) is 4.10. The van der Waals surface area contributed by atoms with E-state index < -0.39 is 7.14 Å². The molecule has 2 aromatic heterocycles. The van der Waals surface area contributed by atoms with E-state index in [9.17, 15) is 9.36 Å². The quantitative estimate of drug-likeness (QED) is 0.632. The number of H-pyrrole nitrogens is 2. The number of rotatable bonds is 4. The zero-order chi connectivity index (χ0) is 17.5. The second kappa shape index (κ2) is 5.95. The molecule has 0 aliphatic carbocycles. The molecule has 2 heterocycles. The standard InChI is InChI=1S/C17H21N4O2P/c1-10(12-7-5-4-6-11(12)9-24(2,3)23)13-8-19-15-14(13)20-17(18)21-16(15)22/h4-8,10,19H,9H2,1-3H3,(H3,18,20,21,22). The van der Waals surface area contributed by atoms with Crippen LogP contribution < -0.4 is 11.3 Å². The molecule has 3 aromatic rings. The van der Waals surface area contributed by atoms with Crippen molar-refractivity contribution in [3.8, 4) is 0 Å². The van der Waals surface area contributed by atoms with Crippen LogP contribution in [0.4, 0.5) is 5.95 Å². The molecule has 0 fully saturated rings. The van der Waals surface area contributed by atoms with E-state index in [1.165, 1.54) is 0 Å². The second-order valence-corrected chi connectivity index (χ2v) is 10.0. The fraction of sp³-hybridized carbons (Fsp3) is 0.294. The van der Waals surface area contributed by atoms with Gasteiger partial charge < -0.3 is 15.3 Å². The van der Waals surface area contributed by atoms with Gasteiger partial charge in [0.1, 0.15) is 11.0 Å². The fourth-order valence-electron chi connectivity index (χ4n) is 3.06. The summed E-state index contributed by atoms with van der Waals surface area (Å²) in [7, 11) is -2.19. The highest BCUT2D eigenvalue weighted by Gasteiger charge is 2.20. The highest BCUT2D eigenvalue weighted by molar-refractivity contribution is 7.61. The van der Waals surface area contributed by atoms with E-state index in [2.05, 4.69) is 21.9 Å². The Morgan fingerprint density at radius 3 is 2.67 bits per heavy atom. The van der Waals surface area contributed by atoms with Crippen molar-refractivity contribution in [3.05, 3.63) is 57.5 Å². The maximum Gasteiger partial charge on any atom is 0.276 e. The molecule has 3 rings (SSSR count). The Morgan fingerprint density at radius 2 is 1.96 bits per heavy atom. The molecular formula is C17H21N4O2P. The van der Waals surface area contributed by atoms with Crippen LogP contribution in [0.25, 0.3) is 11.0 Å². The first-order chi connectivity index (χ1) is 11.3. The van der Waals surface area contributed by atoms with Crippen LogP contribution in [-0.4, -0.2) is 28.3 Å². The second-order valence-electron chi connectivity index (χ2n) is 6.57. The van der Waals surface area contributed by atoms with E-state index in [0.717, 1.165) is 16.7 Å². The number of hydrogen-bond donors (Lipinski definition) is 3. The van der Waals surface area contributed by atoms with Crippen molar-refractivity contribution in [2.45, 2.75) is 19.0 Å². The van der Waals surface area contributed by atoms with Crippen molar-refractivity contribution in [3.63, 3.8) is 0 Å². The minimum atomic E-state index is -2.19. The van der Waals surface area contributed by atoms with Gasteiger partial charge in [-0.15, -0.1) is 0 Å². The lowest BCUT2D eigenvalue weighted by Crippen LogP contribution is -2.11. The summed E-state index contributed by atoms with van der Waals surface area (Å²) in [6.45, 7) is 5.64. The van der Waals surface area contributed by atoms with Gasteiger partial charge in [0.25, 0.3) is 5.56 Å². The molecule has 0 aliphatic heterocycles. The van der Waals surface area contributed by atoms with E-state index in [0.29, 0.717) is 17.2 Å². The number of aromatic nitrogens is 3. The van der Waals surface area contributed by atoms with Crippen molar-refractivity contribution >= 4 is 24.1 Å². The number of nitrogen functional groups attached to an aromatic ring is 1. The first kappa shape index (κ1) is 16.5. The van der Waals surface area contributed by atoms with Gasteiger partial charge in [0, 0.05) is 23.8 Å². The van der Waals surface area contributed by atoms with Crippen LogP contribution in [0, 0.1) is 0 Å². The fourth-order valence-corrected chi connectivity index (χ4v) is 4.17. The van der Waals surface area contributed by atoms with E-state index in [4.69, 9.17) is 5.73 Å². The van der Waals surface area contributed by atoms with Crippen molar-refractivity contribution in [2.75, 3.05) is 19.1 Å². The van der Waals surface area contributed by atoms with Crippen LogP contribution in [0.1, 0.15) is 29.5 Å². The summed E-state index contributed by atoms with van der Waals surface area (Å²) in [6, 6.07) is 7.96. The molecule has 0 amide bonds. The molecule has 1 atom stereocenters. The minimum absolute atomic E-state index is 0.00444. The third-order valence-electron chi connectivity index (χ3n) is 4.12. The number of anilines is 1. The molecule has 7 heteroatoms. The van der Waals surface area contributed by atoms with Crippen LogP contribution >= 0.6 is 7.14 Å². The number of benzene rings is 1. The number of nitrogens with zero attached hydrogens (tertiary/aromatic N) is 1. The maximum absolute atomic E-state index is 12.3. The zero-order valence-electron chi connectivity index (χ0n) is 14.0. The molecule has 0 saturated carbocycles. The molecule has 1 aromatic carbocycles. The molecule has 0 saturated heterocycles. The lowest BCUT2D eigenvalue weighted by Gasteiger charge is -2.17. The molecule has 1 unspecified atom stereocenters. The summed E-state index contributed by atoms with van der Waals surface area (Å²) in [4.78, 5) is 21.7. The predicted octanol–water partition coefficient (Wildman–Crippen LogP) is 3.11. The van der Waals surface area contributed by atoms with Gasteiger partial charge in [0.2, 0.25) is 5.95 Å². The number of nitrogens with one attached hydrogen (secondary N) is 2. The summed E-state index contributed by atoms with van der Waals surface area (Å²) in [5, 5.41) is 0. The van der Waals surface area contributed by atoms with Crippen LogP contribution in [0.3, 0.4) is 0 Å². The molecule has 0 aliphatic rings. The average molecular weight is 344 g/mol. The van der Waals surface area contributed by atoms with Gasteiger partial charge in [-0.1, -0.05) is 31.2 Å². The first-order valence-corrected chi connectivity index (χ1v) is 10.5. The average Bonchev–Trinajstić information content (AvgIpc) is 2.89. The summed E-state index contributed by atoms with van der Waals surface area (Å²) >= 11 is 0. The summed E-state index contributed by atoms with van der Waals surface area (Å²) in [6.07, 6.45) is 2.34. The third-order valence-corrected chi connectivity index (χ3v) is 5.22. The van der Waals surface area contributed by atoms with Crippen LogP contribution in [-0.2, 0) is 10.7 Å². The normalized spacial score (nSPS) is 13.3. The predicted molar refractivity (Wildman–Crippen MR) is 98.2 cm³/mol. The largest absolute Gasteiger partial charge is 0.369 e. The lowest BCUT2D eigenvalue weighted by molar-refractivity contribution is 0.581. The maximum atomic E-state index is 12.3. The zero-order valence-corrected chi connectivity index (χ0v) is 14.9. The van der Waals surface area contributed by atoms with Crippen LogP contribution in [0.15, 0.2) is 35.3 Å². The molecule has 0 spiro atoms. The lowest BCUT2D eigenvalue weighted by atomic mass is 9.91. The number of fused-ring (bicyclic) bond motifs is 1. The van der Waals surface area contributed by atoms with Crippen molar-refractivity contribution < 1.29 is 4.57 Å². The van der Waals surface area contributed by atoms with Crippen LogP contribution in [0.2, 0.25) is 0 Å². The molecule has 6 nitrogen and oxygen atoms in total. The smallest absolute Gasteiger partial charge is 0.276 e. The number of nitrogens with two attached hydrogens (primary N) is 1. The summed E-state index contributed by atoms with van der Waals surface area (Å²) in [5.41, 5.74) is 9.45. The number of aromatic amines is 2. The van der Waals surface area contributed by atoms with Gasteiger partial charge in [-0.3, -0.25) is 9.78 Å². The Balaban J connectivity index is 2.12. The highest BCUT2D eigenvalue weighted by Crippen LogP contribution is 2.43. The number of hydrogen-bond acceptors (Lipinski definition) is 4. The van der Waals surface area contributed by atoms with E-state index in [1.54, 1.807) is 19.5 Å². The van der Waals surface area contributed by atoms with Crippen molar-refractivity contribution in [1.29, 1.82) is 0 Å². The van der Waals surface area contributed by atoms with Gasteiger partial charge in [-0.25, -0.2) is 4.98 Å². The van der Waals surface area contributed by atoms with Crippen molar-refractivity contribution in [1.82, 2.24) is 15.0 Å². The van der Waals surface area contributed by atoms with Gasteiger partial charge in [0.05, 0.1) is 7.14 Å². The topological polar surface area (TPSA) is 105 Å². The highest BCUT2D eigenvalue weighted by atomic mass is 31.2. The molecule has 24 heavy (non-hydrogen) atoms. The molecular weight excluding hydrogens is 323 g/mol. The minimum Gasteiger partial charge on any atom is -0.369 e. The molecule has 0 radical (unpaired) electrons. The van der Waals surface area contributed by atoms with Crippen LogP contribution in [0.5, 0.6) is 0 Å². The van der Waals surface area contributed by atoms with E-state index in [-0.39, 0.29) is 17.4 Å². The van der Waals surface area contributed by atoms with Gasteiger partial charge >= 0.3 is 0 Å². The SMILES string of the molecule is CC(c1ccccc1CP(C)(C)=O)c1c[nH]c2c(=O)[nH]c(N)nc12. The third kappa shape index (κ3) is 3.15. The summed E-state index contributed by atoms with van der Waals surface area (Å²) < 4.78 is 12.3. The Labute approximate surface area is 139 Å². The Morgan fingerprint density at radius 1 is 1.25 bits per heavy atom. The van der Waals surface area contributed by atoms with Gasteiger partial charge in [-0.2, -0.15) is 0 Å².